The van der Waals surface area contributed by atoms with Gasteiger partial charge in [0.05, 0.1) is 12.1 Å². The molecule has 1 saturated heterocycles. The first-order valence-corrected chi connectivity index (χ1v) is 9.17. The number of nitrogens with zero attached hydrogens (tertiary/aromatic N) is 3. The summed E-state index contributed by atoms with van der Waals surface area (Å²) in [5.74, 6) is 0.373. The molecule has 150 valence electrons. The molecule has 2 aromatic rings. The van der Waals surface area contributed by atoms with Crippen molar-refractivity contribution in [2.45, 2.75) is 13.1 Å². The molecular weight excluding hydrogens is 393 g/mol. The summed E-state index contributed by atoms with van der Waals surface area (Å²) in [7, 11) is 0. The van der Waals surface area contributed by atoms with E-state index in [9.17, 15) is 18.0 Å². The maximum Gasteiger partial charge on any atom is 0.417 e. The maximum absolute atomic E-state index is 12.6. The summed E-state index contributed by atoms with van der Waals surface area (Å²) in [5.41, 5.74) is 0.740. The van der Waals surface area contributed by atoms with Gasteiger partial charge in [0.15, 0.2) is 0 Å². The molecule has 1 aliphatic heterocycles. The van der Waals surface area contributed by atoms with E-state index in [1.165, 1.54) is 6.07 Å². The van der Waals surface area contributed by atoms with Crippen LogP contribution in [0.2, 0.25) is 5.02 Å². The van der Waals surface area contributed by atoms with Crippen molar-refractivity contribution in [3.63, 3.8) is 0 Å². The number of benzene rings is 1. The first-order valence-electron chi connectivity index (χ1n) is 8.79. The van der Waals surface area contributed by atoms with Gasteiger partial charge in [-0.15, -0.1) is 0 Å². The molecule has 1 fully saturated rings. The zero-order chi connectivity index (χ0) is 20.3. The van der Waals surface area contributed by atoms with Crippen molar-refractivity contribution >= 4 is 29.0 Å². The molecule has 28 heavy (non-hydrogen) atoms. The summed E-state index contributed by atoms with van der Waals surface area (Å²) in [6, 6.07) is 7.76. The number of amides is 1. The van der Waals surface area contributed by atoms with E-state index in [1.54, 1.807) is 18.2 Å². The van der Waals surface area contributed by atoms with Crippen LogP contribution in [0.15, 0.2) is 36.5 Å². The quantitative estimate of drug-likeness (QED) is 0.829. The summed E-state index contributed by atoms with van der Waals surface area (Å²) in [6.07, 6.45) is -3.54. The second-order valence-corrected chi connectivity index (χ2v) is 7.03. The molecule has 0 saturated carbocycles. The van der Waals surface area contributed by atoms with Gasteiger partial charge in [0.1, 0.15) is 5.82 Å². The minimum absolute atomic E-state index is 0.133. The van der Waals surface area contributed by atoms with Gasteiger partial charge in [-0.2, -0.15) is 13.2 Å². The van der Waals surface area contributed by atoms with Crippen molar-refractivity contribution in [2.24, 2.45) is 0 Å². The van der Waals surface area contributed by atoms with Crippen LogP contribution in [0.1, 0.15) is 11.1 Å². The number of rotatable bonds is 4. The largest absolute Gasteiger partial charge is 0.417 e. The summed E-state index contributed by atoms with van der Waals surface area (Å²) in [4.78, 5) is 20.1. The molecule has 0 atom stereocenters. The minimum atomic E-state index is -4.39. The molecule has 1 N–H and O–H groups in total. The van der Waals surface area contributed by atoms with Crippen molar-refractivity contribution in [2.75, 3.05) is 42.9 Å². The molecular formula is C19H20ClF3N4O. The number of nitrogens with one attached hydrogen (secondary N) is 1. The van der Waals surface area contributed by atoms with Gasteiger partial charge in [0, 0.05) is 43.1 Å². The number of anilines is 2. The standard InChI is InChI=1S/C19H20ClF3N4O/c1-13-15(20)3-2-4-16(13)25-18(28)12-26-7-9-27(10-8-26)17-6-5-14(11-24-17)19(21,22)23/h2-6,11H,7-10,12H2,1H3,(H,25,28). The molecule has 0 bridgehead atoms. The fourth-order valence-electron chi connectivity index (χ4n) is 3.01. The van der Waals surface area contributed by atoms with Crippen molar-refractivity contribution in [3.05, 3.63) is 52.7 Å². The van der Waals surface area contributed by atoms with Crippen molar-refractivity contribution in [1.82, 2.24) is 9.88 Å². The fraction of sp³-hybridized carbons (Fsp3) is 0.368. The smallest absolute Gasteiger partial charge is 0.354 e. The number of aromatic nitrogens is 1. The molecule has 1 aromatic carbocycles. The van der Waals surface area contributed by atoms with E-state index in [2.05, 4.69) is 10.3 Å². The lowest BCUT2D eigenvalue weighted by Gasteiger charge is -2.35. The van der Waals surface area contributed by atoms with Gasteiger partial charge in [-0.3, -0.25) is 9.69 Å². The monoisotopic (exact) mass is 412 g/mol. The second-order valence-electron chi connectivity index (χ2n) is 6.63. The predicted molar refractivity (Wildman–Crippen MR) is 103 cm³/mol. The zero-order valence-electron chi connectivity index (χ0n) is 15.3. The van der Waals surface area contributed by atoms with Gasteiger partial charge in [0.2, 0.25) is 5.91 Å². The number of pyridine rings is 1. The third-order valence-corrected chi connectivity index (χ3v) is 5.09. The first kappa shape index (κ1) is 20.4. The highest BCUT2D eigenvalue weighted by atomic mass is 35.5. The number of carbonyl (C=O) groups is 1. The average Bonchev–Trinajstić information content (AvgIpc) is 2.65. The third-order valence-electron chi connectivity index (χ3n) is 4.68. The molecule has 0 aliphatic carbocycles. The molecule has 0 radical (unpaired) electrons. The van der Waals surface area contributed by atoms with Crippen molar-refractivity contribution in [1.29, 1.82) is 0 Å². The van der Waals surface area contributed by atoms with E-state index >= 15 is 0 Å². The van der Waals surface area contributed by atoms with Crippen LogP contribution < -0.4 is 10.2 Å². The molecule has 9 heteroatoms. The molecule has 1 amide bonds. The second kappa shape index (κ2) is 8.36. The number of hydrogen-bond acceptors (Lipinski definition) is 4. The fourth-order valence-corrected chi connectivity index (χ4v) is 3.19. The van der Waals surface area contributed by atoms with Gasteiger partial charge in [-0.05, 0) is 36.8 Å². The van der Waals surface area contributed by atoms with Crippen LogP contribution in [-0.4, -0.2) is 48.5 Å². The lowest BCUT2D eigenvalue weighted by atomic mass is 10.2. The van der Waals surface area contributed by atoms with Crippen LogP contribution in [0.3, 0.4) is 0 Å². The molecule has 2 heterocycles. The number of hydrogen-bond donors (Lipinski definition) is 1. The van der Waals surface area contributed by atoms with E-state index in [1.807, 2.05) is 16.7 Å². The Morgan fingerprint density at radius 2 is 1.89 bits per heavy atom. The van der Waals surface area contributed by atoms with Gasteiger partial charge >= 0.3 is 6.18 Å². The Bertz CT molecular complexity index is 834. The van der Waals surface area contributed by atoms with Crippen molar-refractivity contribution < 1.29 is 18.0 Å². The Morgan fingerprint density at radius 1 is 1.18 bits per heavy atom. The number of alkyl halides is 3. The summed E-state index contributed by atoms with van der Waals surface area (Å²) in [6.45, 7) is 4.48. The van der Waals surface area contributed by atoms with Crippen LogP contribution in [0.5, 0.6) is 0 Å². The molecule has 1 aliphatic rings. The first-order chi connectivity index (χ1) is 13.2. The molecule has 1 aromatic heterocycles. The molecule has 5 nitrogen and oxygen atoms in total. The van der Waals surface area contributed by atoms with Crippen molar-refractivity contribution in [3.8, 4) is 0 Å². The lowest BCUT2D eigenvalue weighted by Crippen LogP contribution is -2.49. The highest BCUT2D eigenvalue weighted by Gasteiger charge is 2.31. The van der Waals surface area contributed by atoms with E-state index in [-0.39, 0.29) is 12.5 Å². The zero-order valence-corrected chi connectivity index (χ0v) is 16.0. The van der Waals surface area contributed by atoms with Gasteiger partial charge < -0.3 is 10.2 Å². The third kappa shape index (κ3) is 4.94. The van der Waals surface area contributed by atoms with E-state index in [0.717, 1.165) is 17.8 Å². The molecule has 3 rings (SSSR count). The number of halogens is 4. The molecule has 0 unspecified atom stereocenters. The predicted octanol–water partition coefficient (Wildman–Crippen LogP) is 3.82. The normalized spacial score (nSPS) is 15.5. The number of piperazine rings is 1. The minimum Gasteiger partial charge on any atom is -0.354 e. The van der Waals surface area contributed by atoms with Crippen LogP contribution >= 0.6 is 11.6 Å². The van der Waals surface area contributed by atoms with E-state index in [0.29, 0.717) is 42.7 Å². The summed E-state index contributed by atoms with van der Waals surface area (Å²) in [5, 5.41) is 3.46. The van der Waals surface area contributed by atoms with Crippen LogP contribution in [0, 0.1) is 6.92 Å². The van der Waals surface area contributed by atoms with Gasteiger partial charge in [-0.1, -0.05) is 17.7 Å². The van der Waals surface area contributed by atoms with Crippen LogP contribution in [-0.2, 0) is 11.0 Å². The highest BCUT2D eigenvalue weighted by Crippen LogP contribution is 2.29. The SMILES string of the molecule is Cc1c(Cl)cccc1NC(=O)CN1CCN(c2ccc(C(F)(F)F)cn2)CC1. The maximum atomic E-state index is 12.6. The van der Waals surface area contributed by atoms with Gasteiger partial charge in [-0.25, -0.2) is 4.98 Å². The van der Waals surface area contributed by atoms with E-state index in [4.69, 9.17) is 11.6 Å². The number of carbonyl (C=O) groups excluding carboxylic acids is 1. The molecule has 0 spiro atoms. The Labute approximate surface area is 166 Å². The Hall–Kier alpha value is -2.32. The van der Waals surface area contributed by atoms with Gasteiger partial charge in [0.25, 0.3) is 0 Å². The summed E-state index contributed by atoms with van der Waals surface area (Å²) < 4.78 is 37.9. The average molecular weight is 413 g/mol. The van der Waals surface area contributed by atoms with E-state index < -0.39 is 11.7 Å². The van der Waals surface area contributed by atoms with Crippen LogP contribution in [0.4, 0.5) is 24.7 Å². The lowest BCUT2D eigenvalue weighted by molar-refractivity contribution is -0.137. The Kier molecular flexibility index (Phi) is 6.10. The Morgan fingerprint density at radius 3 is 2.50 bits per heavy atom. The summed E-state index contributed by atoms with van der Waals surface area (Å²) >= 11 is 6.06. The Balaban J connectivity index is 1.51. The highest BCUT2D eigenvalue weighted by molar-refractivity contribution is 6.31. The van der Waals surface area contributed by atoms with Crippen LogP contribution in [0.25, 0.3) is 0 Å². The topological polar surface area (TPSA) is 48.5 Å².